The van der Waals surface area contributed by atoms with E-state index in [1.165, 1.54) is 39.0 Å². The number of carbonyl (C=O) groups excluding carboxylic acids is 4. The highest BCUT2D eigenvalue weighted by Gasteiger charge is 2.46. The average molecular weight is 586 g/mol. The highest BCUT2D eigenvalue weighted by molar-refractivity contribution is 7.55. The van der Waals surface area contributed by atoms with Crippen molar-refractivity contribution in [2.24, 2.45) is 0 Å². The van der Waals surface area contributed by atoms with Crippen molar-refractivity contribution >= 4 is 42.6 Å². The number of ketones is 1. The second-order valence-corrected chi connectivity index (χ2v) is 12.3. The van der Waals surface area contributed by atoms with Crippen molar-refractivity contribution in [1.82, 2.24) is 5.32 Å². The molecule has 3 atom stereocenters. The zero-order chi connectivity index (χ0) is 29.4. The monoisotopic (exact) mass is 585 g/mol. The lowest BCUT2D eigenvalue weighted by atomic mass is 10.1. The molecule has 1 N–H and O–H groups in total. The average Bonchev–Trinajstić information content (AvgIpc) is 3.37. The van der Waals surface area contributed by atoms with Gasteiger partial charge < -0.3 is 23.8 Å². The number of hydrogen-bond donors (Lipinski definition) is 1. The maximum Gasteiger partial charge on any atom is 0.349 e. The van der Waals surface area contributed by atoms with Gasteiger partial charge in [-0.1, -0.05) is 18.2 Å². The van der Waals surface area contributed by atoms with E-state index in [4.69, 9.17) is 18.5 Å². The van der Waals surface area contributed by atoms with Crippen LogP contribution in [0.15, 0.2) is 41.8 Å². The Morgan fingerprint density at radius 1 is 1.00 bits per heavy atom. The van der Waals surface area contributed by atoms with E-state index >= 15 is 0 Å². The molecule has 1 heterocycles. The molecule has 1 aromatic heterocycles. The number of amides is 1. The molecule has 214 valence electrons. The Kier molecular flexibility index (Phi) is 11.5. The zero-order valence-electron chi connectivity index (χ0n) is 22.6. The third kappa shape index (κ3) is 9.06. The van der Waals surface area contributed by atoms with Crippen molar-refractivity contribution in [1.29, 1.82) is 0 Å². The molecule has 0 aliphatic carbocycles. The Hall–Kier alpha value is -2.92. The van der Waals surface area contributed by atoms with Crippen LogP contribution in [0.25, 0.3) is 0 Å². The molecule has 0 aliphatic rings. The number of rotatable bonds is 13. The number of esters is 2. The molecule has 1 amide bonds. The first-order valence-electron chi connectivity index (χ1n) is 12.2. The predicted octanol–water partition coefficient (Wildman–Crippen LogP) is 4.84. The van der Waals surface area contributed by atoms with Crippen LogP contribution in [-0.4, -0.2) is 54.6 Å². The molecule has 1 aromatic carbocycles. The van der Waals surface area contributed by atoms with Gasteiger partial charge in [-0.2, -0.15) is 0 Å². The number of nitrogens with one attached hydrogen (secondary N) is 1. The molecule has 0 saturated carbocycles. The van der Waals surface area contributed by atoms with Crippen molar-refractivity contribution in [2.45, 2.75) is 64.9 Å². The summed E-state index contributed by atoms with van der Waals surface area (Å²) in [6, 6.07) is 6.29. The molecule has 2 rings (SSSR count). The van der Waals surface area contributed by atoms with Crippen LogP contribution in [0.1, 0.15) is 62.4 Å². The summed E-state index contributed by atoms with van der Waals surface area (Å²) in [6.07, 6.45) is -2.05. The molecule has 3 unspecified atom stereocenters. The first kappa shape index (κ1) is 32.3. The number of Topliss-reactive ketones (excluding diaryl/α,β-unsaturated/α-hetero) is 1. The van der Waals surface area contributed by atoms with Gasteiger partial charge in [0.2, 0.25) is 11.9 Å². The smallest absolute Gasteiger partial charge is 0.349 e. The molecule has 0 radical (unpaired) electrons. The van der Waals surface area contributed by atoms with Gasteiger partial charge in [-0.25, -0.2) is 9.18 Å². The number of ether oxygens (including phenoxy) is 2. The van der Waals surface area contributed by atoms with Gasteiger partial charge in [0.15, 0.2) is 5.66 Å². The van der Waals surface area contributed by atoms with Crippen LogP contribution in [0.4, 0.5) is 4.39 Å². The molecule has 13 heteroatoms. The number of thiophene rings is 1. The van der Waals surface area contributed by atoms with Gasteiger partial charge in [0, 0.05) is 0 Å². The third-order valence-electron chi connectivity index (χ3n) is 4.94. The summed E-state index contributed by atoms with van der Waals surface area (Å²) >= 11 is 1.01. The first-order chi connectivity index (χ1) is 18.2. The van der Waals surface area contributed by atoms with Crippen molar-refractivity contribution in [2.75, 3.05) is 13.2 Å². The number of carbonyl (C=O) groups is 4. The fraction of sp³-hybridized carbons (Fsp3) is 0.462. The molecule has 39 heavy (non-hydrogen) atoms. The minimum atomic E-state index is -4.28. The first-order valence-corrected chi connectivity index (χ1v) is 14.7. The third-order valence-corrected chi connectivity index (χ3v) is 8.20. The highest BCUT2D eigenvalue weighted by Crippen LogP contribution is 2.61. The van der Waals surface area contributed by atoms with E-state index in [1.807, 2.05) is 0 Å². The van der Waals surface area contributed by atoms with Gasteiger partial charge in [-0.3, -0.25) is 18.9 Å². The van der Waals surface area contributed by atoms with Crippen molar-refractivity contribution in [3.63, 3.8) is 0 Å². The van der Waals surface area contributed by atoms with Crippen LogP contribution in [0.3, 0.4) is 0 Å². The second kappa shape index (κ2) is 13.9. The molecule has 0 fully saturated rings. The van der Waals surface area contributed by atoms with E-state index in [9.17, 15) is 28.1 Å². The fourth-order valence-electron chi connectivity index (χ4n) is 3.33. The number of hydrogen-bond acceptors (Lipinski definition) is 10. The Balaban J connectivity index is 2.46. The van der Waals surface area contributed by atoms with E-state index < -0.39 is 60.4 Å². The lowest BCUT2D eigenvalue weighted by Crippen LogP contribution is -2.49. The van der Waals surface area contributed by atoms with Gasteiger partial charge in [0.05, 0.1) is 18.1 Å². The summed E-state index contributed by atoms with van der Waals surface area (Å²) in [5, 5.41) is 3.93. The Morgan fingerprint density at radius 2 is 1.59 bits per heavy atom. The SMILES string of the molecule is CCOP(=O)(OCC)C(C(=O)OC(C(=O)NC(C)C(=O)OC(C)(C)C)C(=O)c1cccs1)c1ccc(F)cc1. The molecule has 0 bridgehead atoms. The largest absolute Gasteiger partial charge is 0.458 e. The molecule has 0 saturated heterocycles. The van der Waals surface area contributed by atoms with Crippen molar-refractivity contribution in [3.05, 3.63) is 58.0 Å². The topological polar surface area (TPSA) is 134 Å². The summed E-state index contributed by atoms with van der Waals surface area (Å²) < 4.78 is 48.7. The minimum Gasteiger partial charge on any atom is -0.458 e. The van der Waals surface area contributed by atoms with E-state index in [0.717, 1.165) is 23.5 Å². The van der Waals surface area contributed by atoms with Gasteiger partial charge >= 0.3 is 19.5 Å². The highest BCUT2D eigenvalue weighted by atomic mass is 32.1. The van der Waals surface area contributed by atoms with Crippen LogP contribution in [0.5, 0.6) is 0 Å². The van der Waals surface area contributed by atoms with Gasteiger partial charge in [0.1, 0.15) is 17.5 Å². The molecule has 0 spiro atoms. The second-order valence-electron chi connectivity index (χ2n) is 9.25. The van der Waals surface area contributed by atoms with E-state index in [0.29, 0.717) is 0 Å². The Morgan fingerprint density at radius 3 is 2.08 bits per heavy atom. The molecule has 0 aliphatic heterocycles. The lowest BCUT2D eigenvalue weighted by molar-refractivity contribution is -0.159. The Bertz CT molecular complexity index is 1190. The maximum absolute atomic E-state index is 13.7. The zero-order valence-corrected chi connectivity index (χ0v) is 24.3. The quantitative estimate of drug-likeness (QED) is 0.152. The number of halogens is 1. The van der Waals surface area contributed by atoms with Crippen molar-refractivity contribution in [3.8, 4) is 0 Å². The maximum atomic E-state index is 13.7. The predicted molar refractivity (Wildman–Crippen MR) is 142 cm³/mol. The van der Waals surface area contributed by atoms with Crippen LogP contribution in [0, 0.1) is 5.82 Å². The van der Waals surface area contributed by atoms with Gasteiger partial charge in [-0.05, 0) is 70.7 Å². The normalized spacial score (nSPS) is 14.1. The molecule has 10 nitrogen and oxygen atoms in total. The summed E-state index contributed by atoms with van der Waals surface area (Å²) in [4.78, 5) is 52.5. The fourth-order valence-corrected chi connectivity index (χ4v) is 5.96. The van der Waals surface area contributed by atoms with Gasteiger partial charge in [0.25, 0.3) is 5.91 Å². The minimum absolute atomic E-state index is 0.0245. The van der Waals surface area contributed by atoms with Gasteiger partial charge in [-0.15, -0.1) is 11.3 Å². The Labute approximate surface area is 230 Å². The standard InChI is InChI=1S/C26H33FNO9PS/c1-7-34-38(33,35-8-2)22(17-11-13-18(27)14-12-17)25(32)36-21(20(29)19-10-9-15-39-19)23(30)28-16(3)24(31)37-26(4,5)6/h9-16,21-22H,7-8H2,1-6H3,(H,28,30). The van der Waals surface area contributed by atoms with E-state index in [2.05, 4.69) is 5.32 Å². The molecular formula is C26H33FNO9PS. The van der Waals surface area contributed by atoms with Crippen molar-refractivity contribution < 1.29 is 46.7 Å². The summed E-state index contributed by atoms with van der Waals surface area (Å²) in [6.45, 7) is 9.15. The lowest BCUT2D eigenvalue weighted by Gasteiger charge is -2.27. The molecule has 2 aromatic rings. The number of benzene rings is 1. The van der Waals surface area contributed by atoms with Crippen LogP contribution in [0.2, 0.25) is 0 Å². The van der Waals surface area contributed by atoms with Crippen LogP contribution >= 0.6 is 18.9 Å². The van der Waals surface area contributed by atoms with E-state index in [-0.39, 0.29) is 23.7 Å². The van der Waals surface area contributed by atoms with E-state index in [1.54, 1.807) is 32.2 Å². The summed E-state index contributed by atoms with van der Waals surface area (Å²) in [7, 11) is -4.28. The molecular weight excluding hydrogens is 552 g/mol. The summed E-state index contributed by atoms with van der Waals surface area (Å²) in [5.74, 6) is -4.63. The summed E-state index contributed by atoms with van der Waals surface area (Å²) in [5.41, 5.74) is -2.55. The van der Waals surface area contributed by atoms with Crippen LogP contribution in [-0.2, 0) is 37.5 Å². The van der Waals surface area contributed by atoms with Crippen LogP contribution < -0.4 is 5.32 Å².